The van der Waals surface area contributed by atoms with E-state index in [1.165, 1.54) is 10.4 Å². The van der Waals surface area contributed by atoms with Gasteiger partial charge in [-0.05, 0) is 41.5 Å². The van der Waals surface area contributed by atoms with Crippen molar-refractivity contribution in [3.63, 3.8) is 0 Å². The Morgan fingerprint density at radius 1 is 1.59 bits per heavy atom. The van der Waals surface area contributed by atoms with Gasteiger partial charge in [-0.15, -0.1) is 11.3 Å². The van der Waals surface area contributed by atoms with E-state index >= 15 is 0 Å². The number of nitrogens with one attached hydrogen (secondary N) is 1. The second-order valence-electron chi connectivity index (χ2n) is 3.83. The SMILES string of the molecule is CNC(c1cc(C)c(Br)s1)c1c(Cl)cnn1C. The summed E-state index contributed by atoms with van der Waals surface area (Å²) < 4.78 is 2.97. The van der Waals surface area contributed by atoms with Gasteiger partial charge in [0.1, 0.15) is 0 Å². The third-order valence-corrected chi connectivity index (χ3v) is 5.15. The molecule has 17 heavy (non-hydrogen) atoms. The number of hydrogen-bond donors (Lipinski definition) is 1. The summed E-state index contributed by atoms with van der Waals surface area (Å²) in [7, 11) is 3.83. The van der Waals surface area contributed by atoms with Crippen molar-refractivity contribution in [1.82, 2.24) is 15.1 Å². The molecule has 1 unspecified atom stereocenters. The Morgan fingerprint density at radius 3 is 2.71 bits per heavy atom. The second kappa shape index (κ2) is 5.10. The first kappa shape index (κ1) is 13.1. The summed E-state index contributed by atoms with van der Waals surface area (Å²) in [5.74, 6) is 0. The lowest BCUT2D eigenvalue weighted by Gasteiger charge is -2.15. The third-order valence-electron chi connectivity index (χ3n) is 2.66. The summed E-state index contributed by atoms with van der Waals surface area (Å²) in [6.07, 6.45) is 1.68. The second-order valence-corrected chi connectivity index (χ2v) is 6.64. The van der Waals surface area contributed by atoms with Gasteiger partial charge in [0.15, 0.2) is 0 Å². The lowest BCUT2D eigenvalue weighted by Crippen LogP contribution is -2.20. The van der Waals surface area contributed by atoms with Gasteiger partial charge in [0.2, 0.25) is 0 Å². The molecule has 0 saturated carbocycles. The van der Waals surface area contributed by atoms with Crippen LogP contribution in [0.5, 0.6) is 0 Å². The van der Waals surface area contributed by atoms with E-state index in [0.717, 1.165) is 9.48 Å². The Morgan fingerprint density at radius 2 is 2.29 bits per heavy atom. The third kappa shape index (κ3) is 2.42. The van der Waals surface area contributed by atoms with Crippen molar-refractivity contribution in [3.05, 3.63) is 37.2 Å². The highest BCUT2D eigenvalue weighted by molar-refractivity contribution is 9.11. The van der Waals surface area contributed by atoms with Gasteiger partial charge in [0.25, 0.3) is 0 Å². The predicted molar refractivity (Wildman–Crippen MR) is 75.9 cm³/mol. The molecule has 0 aromatic carbocycles. The number of rotatable bonds is 3. The van der Waals surface area contributed by atoms with Crippen molar-refractivity contribution in [3.8, 4) is 0 Å². The molecule has 2 aromatic rings. The van der Waals surface area contributed by atoms with E-state index in [1.54, 1.807) is 17.5 Å². The monoisotopic (exact) mass is 333 g/mol. The number of aryl methyl sites for hydroxylation is 2. The van der Waals surface area contributed by atoms with Crippen LogP contribution in [-0.2, 0) is 7.05 Å². The fraction of sp³-hybridized carbons (Fsp3) is 0.364. The lowest BCUT2D eigenvalue weighted by atomic mass is 10.1. The van der Waals surface area contributed by atoms with Crippen LogP contribution in [0.2, 0.25) is 5.02 Å². The molecule has 0 radical (unpaired) electrons. The fourth-order valence-electron chi connectivity index (χ4n) is 1.78. The number of aromatic nitrogens is 2. The van der Waals surface area contributed by atoms with Crippen LogP contribution in [0, 0.1) is 6.92 Å². The standard InChI is InChI=1S/C11H13BrClN3S/c1-6-4-8(17-11(6)12)9(14-2)10-7(13)5-15-16(10)3/h4-5,9,14H,1-3H3. The van der Waals surface area contributed by atoms with Gasteiger partial charge in [0, 0.05) is 11.9 Å². The molecule has 0 amide bonds. The van der Waals surface area contributed by atoms with Gasteiger partial charge >= 0.3 is 0 Å². The van der Waals surface area contributed by atoms with Gasteiger partial charge in [-0.3, -0.25) is 4.68 Å². The average molecular weight is 335 g/mol. The van der Waals surface area contributed by atoms with Crippen molar-refractivity contribution in [2.24, 2.45) is 7.05 Å². The largest absolute Gasteiger partial charge is 0.307 e. The molecule has 1 N–H and O–H groups in total. The maximum absolute atomic E-state index is 6.18. The summed E-state index contributed by atoms with van der Waals surface area (Å²) in [6, 6.07) is 2.24. The van der Waals surface area contributed by atoms with Crippen LogP contribution in [0.4, 0.5) is 0 Å². The molecule has 0 spiro atoms. The highest BCUT2D eigenvalue weighted by Crippen LogP contribution is 2.36. The zero-order valence-corrected chi connectivity index (χ0v) is 12.9. The van der Waals surface area contributed by atoms with Gasteiger partial charge in [-0.25, -0.2) is 0 Å². The Kier molecular flexibility index (Phi) is 3.92. The minimum absolute atomic E-state index is 0.0741. The number of thiophene rings is 1. The van der Waals surface area contributed by atoms with Crippen molar-refractivity contribution in [2.45, 2.75) is 13.0 Å². The Balaban J connectivity index is 2.47. The summed E-state index contributed by atoms with van der Waals surface area (Å²) in [5.41, 5.74) is 2.23. The molecule has 0 aliphatic heterocycles. The predicted octanol–water partition coefficient (Wildman–Crippen LogP) is 3.51. The van der Waals surface area contributed by atoms with Crippen molar-refractivity contribution in [1.29, 1.82) is 0 Å². The van der Waals surface area contributed by atoms with E-state index in [0.29, 0.717) is 5.02 Å². The van der Waals surface area contributed by atoms with E-state index in [-0.39, 0.29) is 6.04 Å². The van der Waals surface area contributed by atoms with E-state index in [4.69, 9.17) is 11.6 Å². The normalized spacial score (nSPS) is 13.0. The summed E-state index contributed by atoms with van der Waals surface area (Å²) in [4.78, 5) is 1.22. The molecule has 1 atom stereocenters. The minimum Gasteiger partial charge on any atom is -0.307 e. The molecule has 6 heteroatoms. The molecule has 0 aliphatic carbocycles. The van der Waals surface area contributed by atoms with Crippen LogP contribution in [0.25, 0.3) is 0 Å². The summed E-state index contributed by atoms with van der Waals surface area (Å²) >= 11 is 11.5. The van der Waals surface area contributed by atoms with Crippen LogP contribution in [0.15, 0.2) is 16.0 Å². The van der Waals surface area contributed by atoms with Crippen molar-refractivity contribution >= 4 is 38.9 Å². The van der Waals surface area contributed by atoms with E-state index < -0.39 is 0 Å². The average Bonchev–Trinajstić information content (AvgIpc) is 2.77. The molecule has 2 heterocycles. The Labute approximate surface area is 118 Å². The minimum atomic E-state index is 0.0741. The fourth-order valence-corrected chi connectivity index (χ4v) is 3.74. The molecule has 0 aliphatic rings. The summed E-state index contributed by atoms with van der Waals surface area (Å²) in [6.45, 7) is 2.08. The molecular weight excluding hydrogens is 322 g/mol. The Bertz CT molecular complexity index is 496. The van der Waals surface area contributed by atoms with Crippen molar-refractivity contribution in [2.75, 3.05) is 7.05 Å². The first-order chi connectivity index (χ1) is 8.04. The molecule has 2 rings (SSSR count). The number of nitrogens with zero attached hydrogens (tertiary/aromatic N) is 2. The van der Waals surface area contributed by atoms with Crippen LogP contribution >= 0.6 is 38.9 Å². The Hall–Kier alpha value is -0.360. The first-order valence-electron chi connectivity index (χ1n) is 5.15. The molecule has 0 saturated heterocycles. The maximum atomic E-state index is 6.18. The summed E-state index contributed by atoms with van der Waals surface area (Å²) in [5, 5.41) is 8.15. The quantitative estimate of drug-likeness (QED) is 0.931. The lowest BCUT2D eigenvalue weighted by molar-refractivity contribution is 0.613. The van der Waals surface area contributed by atoms with Gasteiger partial charge in [-0.2, -0.15) is 5.10 Å². The first-order valence-corrected chi connectivity index (χ1v) is 7.13. The number of halogens is 2. The molecule has 0 fully saturated rings. The molecule has 3 nitrogen and oxygen atoms in total. The molecule has 0 bridgehead atoms. The van der Waals surface area contributed by atoms with Crippen LogP contribution in [0.1, 0.15) is 22.2 Å². The van der Waals surface area contributed by atoms with Gasteiger partial charge in [0.05, 0.1) is 26.7 Å². The van der Waals surface area contributed by atoms with Crippen LogP contribution < -0.4 is 5.32 Å². The van der Waals surface area contributed by atoms with Crippen LogP contribution in [-0.4, -0.2) is 16.8 Å². The zero-order chi connectivity index (χ0) is 12.6. The van der Waals surface area contributed by atoms with E-state index in [2.05, 4.69) is 39.3 Å². The zero-order valence-electron chi connectivity index (χ0n) is 9.79. The smallest absolute Gasteiger partial charge is 0.0855 e. The maximum Gasteiger partial charge on any atom is 0.0855 e. The molecule has 92 valence electrons. The highest BCUT2D eigenvalue weighted by Gasteiger charge is 2.21. The van der Waals surface area contributed by atoms with Gasteiger partial charge < -0.3 is 5.32 Å². The number of hydrogen-bond acceptors (Lipinski definition) is 3. The topological polar surface area (TPSA) is 29.9 Å². The highest BCUT2D eigenvalue weighted by atomic mass is 79.9. The van der Waals surface area contributed by atoms with Crippen molar-refractivity contribution < 1.29 is 0 Å². The van der Waals surface area contributed by atoms with Gasteiger partial charge in [-0.1, -0.05) is 11.6 Å². The van der Waals surface area contributed by atoms with E-state index in [9.17, 15) is 0 Å². The molecule has 2 aromatic heterocycles. The van der Waals surface area contributed by atoms with E-state index in [1.807, 2.05) is 18.8 Å². The van der Waals surface area contributed by atoms with Crippen LogP contribution in [0.3, 0.4) is 0 Å². The molecular formula is C11H13BrClN3S.